The second kappa shape index (κ2) is 6.93. The summed E-state index contributed by atoms with van der Waals surface area (Å²) in [6, 6.07) is 2.13. The molecule has 0 fully saturated rings. The lowest BCUT2D eigenvalue weighted by Gasteiger charge is -2.10. The van der Waals surface area contributed by atoms with Gasteiger partial charge in [0.25, 0.3) is 0 Å². The van der Waals surface area contributed by atoms with E-state index in [1.807, 2.05) is 6.92 Å². The summed E-state index contributed by atoms with van der Waals surface area (Å²) in [5.41, 5.74) is 0.372. The molecule has 0 aliphatic heterocycles. The third-order valence-corrected chi connectivity index (χ3v) is 4.01. The second-order valence-corrected chi connectivity index (χ2v) is 5.91. The number of hydrogen-bond acceptors (Lipinski definition) is 3. The largest absolute Gasteiger partial charge is 0.316 e. The van der Waals surface area contributed by atoms with Crippen LogP contribution in [0.5, 0.6) is 0 Å². The van der Waals surface area contributed by atoms with Crippen molar-refractivity contribution in [3.63, 3.8) is 0 Å². The van der Waals surface area contributed by atoms with E-state index in [2.05, 4.69) is 10.0 Å². The fourth-order valence-electron chi connectivity index (χ4n) is 1.58. The first-order valence-electron chi connectivity index (χ1n) is 6.04. The Labute approximate surface area is 112 Å². The molecule has 2 N–H and O–H groups in total. The molecular weight excluding hydrogens is 274 g/mol. The summed E-state index contributed by atoms with van der Waals surface area (Å²) in [5, 5.41) is 2.76. The molecule has 0 aliphatic carbocycles. The van der Waals surface area contributed by atoms with Crippen LogP contribution in [0.15, 0.2) is 17.0 Å². The van der Waals surface area contributed by atoms with Crippen LogP contribution in [-0.4, -0.2) is 22.0 Å². The van der Waals surface area contributed by atoms with Gasteiger partial charge in [0.1, 0.15) is 4.90 Å². The topological polar surface area (TPSA) is 58.2 Å². The van der Waals surface area contributed by atoms with Crippen molar-refractivity contribution in [1.82, 2.24) is 10.0 Å². The number of unbranched alkanes of at least 4 members (excludes halogenated alkanes) is 1. The van der Waals surface area contributed by atoms with Crippen molar-refractivity contribution in [1.29, 1.82) is 0 Å². The Morgan fingerprint density at radius 1 is 1.26 bits per heavy atom. The van der Waals surface area contributed by atoms with E-state index in [0.29, 0.717) is 12.0 Å². The second-order valence-electron chi connectivity index (χ2n) is 4.17. The summed E-state index contributed by atoms with van der Waals surface area (Å²) in [4.78, 5) is -0.645. The van der Waals surface area contributed by atoms with Crippen LogP contribution in [-0.2, 0) is 16.6 Å². The molecule has 108 valence electrons. The molecule has 0 heterocycles. The maximum atomic E-state index is 13.6. The van der Waals surface area contributed by atoms with Gasteiger partial charge in [0, 0.05) is 13.1 Å². The molecule has 7 heteroatoms. The molecule has 0 unspecified atom stereocenters. The van der Waals surface area contributed by atoms with E-state index < -0.39 is 26.6 Å². The first-order chi connectivity index (χ1) is 8.92. The molecular formula is C12H18F2N2O2S. The summed E-state index contributed by atoms with van der Waals surface area (Å²) in [6.45, 7) is 2.37. The lowest BCUT2D eigenvalue weighted by Crippen LogP contribution is -2.26. The van der Waals surface area contributed by atoms with Crippen molar-refractivity contribution in [3.8, 4) is 0 Å². The van der Waals surface area contributed by atoms with E-state index in [9.17, 15) is 17.2 Å². The van der Waals surface area contributed by atoms with Gasteiger partial charge in [0.05, 0.1) is 0 Å². The normalized spacial score (nSPS) is 11.8. The van der Waals surface area contributed by atoms with Crippen LogP contribution < -0.4 is 10.0 Å². The summed E-state index contributed by atoms with van der Waals surface area (Å²) in [5.74, 6) is -2.51. The summed E-state index contributed by atoms with van der Waals surface area (Å²) in [7, 11) is -2.39. The molecule has 0 amide bonds. The Kier molecular flexibility index (Phi) is 5.84. The maximum absolute atomic E-state index is 13.6. The minimum Gasteiger partial charge on any atom is -0.316 e. The van der Waals surface area contributed by atoms with Crippen LogP contribution in [0.2, 0.25) is 0 Å². The van der Waals surface area contributed by atoms with E-state index in [-0.39, 0.29) is 13.1 Å². The average molecular weight is 292 g/mol. The highest BCUT2D eigenvalue weighted by molar-refractivity contribution is 7.89. The van der Waals surface area contributed by atoms with E-state index in [4.69, 9.17) is 0 Å². The molecule has 1 aromatic rings. The van der Waals surface area contributed by atoms with Crippen molar-refractivity contribution in [2.75, 3.05) is 13.6 Å². The molecule has 19 heavy (non-hydrogen) atoms. The van der Waals surface area contributed by atoms with Gasteiger partial charge >= 0.3 is 0 Å². The van der Waals surface area contributed by atoms with E-state index >= 15 is 0 Å². The average Bonchev–Trinajstić information content (AvgIpc) is 2.34. The monoisotopic (exact) mass is 292 g/mol. The van der Waals surface area contributed by atoms with Gasteiger partial charge in [-0.25, -0.2) is 21.9 Å². The highest BCUT2D eigenvalue weighted by Crippen LogP contribution is 2.19. The van der Waals surface area contributed by atoms with Gasteiger partial charge in [0.2, 0.25) is 10.0 Å². The number of nitrogens with one attached hydrogen (secondary N) is 2. The van der Waals surface area contributed by atoms with Gasteiger partial charge in [-0.05, 0) is 31.2 Å². The van der Waals surface area contributed by atoms with Crippen LogP contribution in [0, 0.1) is 11.6 Å². The van der Waals surface area contributed by atoms with Crippen LogP contribution in [0.1, 0.15) is 25.3 Å². The molecule has 0 aromatic heterocycles. The van der Waals surface area contributed by atoms with E-state index in [1.165, 1.54) is 0 Å². The predicted octanol–water partition coefficient (Wildman–Crippen LogP) is 1.76. The molecule has 0 atom stereocenters. The molecule has 0 saturated heterocycles. The lowest BCUT2D eigenvalue weighted by atomic mass is 10.2. The minimum absolute atomic E-state index is 0.205. The Morgan fingerprint density at radius 3 is 2.53 bits per heavy atom. The SMILES string of the molecule is CCCCNS(=O)(=O)c1cc(CNC)cc(F)c1F. The van der Waals surface area contributed by atoms with Crippen molar-refractivity contribution < 1.29 is 17.2 Å². The van der Waals surface area contributed by atoms with Gasteiger partial charge in [-0.3, -0.25) is 0 Å². The number of hydrogen-bond donors (Lipinski definition) is 2. The lowest BCUT2D eigenvalue weighted by molar-refractivity contribution is 0.480. The molecule has 1 aromatic carbocycles. The molecule has 4 nitrogen and oxygen atoms in total. The van der Waals surface area contributed by atoms with Crippen LogP contribution in [0.4, 0.5) is 8.78 Å². The summed E-state index contributed by atoms with van der Waals surface area (Å²) < 4.78 is 53.1. The van der Waals surface area contributed by atoms with E-state index in [1.54, 1.807) is 7.05 Å². The van der Waals surface area contributed by atoms with Crippen LogP contribution in [0.3, 0.4) is 0 Å². The zero-order valence-electron chi connectivity index (χ0n) is 11.0. The quantitative estimate of drug-likeness (QED) is 0.753. The zero-order chi connectivity index (χ0) is 14.5. The number of sulfonamides is 1. The first-order valence-corrected chi connectivity index (χ1v) is 7.53. The fraction of sp³-hybridized carbons (Fsp3) is 0.500. The van der Waals surface area contributed by atoms with Crippen molar-refractivity contribution in [2.24, 2.45) is 0 Å². The maximum Gasteiger partial charge on any atom is 0.243 e. The minimum atomic E-state index is -4.02. The van der Waals surface area contributed by atoms with E-state index in [0.717, 1.165) is 18.6 Å². The number of rotatable bonds is 7. The highest BCUT2D eigenvalue weighted by atomic mass is 32.2. The van der Waals surface area contributed by atoms with Crippen LogP contribution >= 0.6 is 0 Å². The Balaban J connectivity index is 3.10. The Bertz CT molecular complexity index is 533. The van der Waals surface area contributed by atoms with Gasteiger partial charge < -0.3 is 5.32 Å². The molecule has 0 radical (unpaired) electrons. The first kappa shape index (κ1) is 16.0. The molecule has 1 rings (SSSR count). The number of benzene rings is 1. The molecule has 0 saturated carbocycles. The fourth-order valence-corrected chi connectivity index (χ4v) is 2.79. The van der Waals surface area contributed by atoms with Gasteiger partial charge in [-0.2, -0.15) is 0 Å². The standard InChI is InChI=1S/C12H18F2N2O2S/c1-3-4-5-16-19(17,18)11-7-9(8-15-2)6-10(13)12(11)14/h6-7,15-16H,3-5,8H2,1-2H3. The predicted molar refractivity (Wildman–Crippen MR) is 69.2 cm³/mol. The van der Waals surface area contributed by atoms with Crippen LogP contribution in [0.25, 0.3) is 0 Å². The zero-order valence-corrected chi connectivity index (χ0v) is 11.8. The van der Waals surface area contributed by atoms with Gasteiger partial charge in [-0.1, -0.05) is 13.3 Å². The van der Waals surface area contributed by atoms with Crippen molar-refractivity contribution >= 4 is 10.0 Å². The highest BCUT2D eigenvalue weighted by Gasteiger charge is 2.22. The Morgan fingerprint density at radius 2 is 1.95 bits per heavy atom. The van der Waals surface area contributed by atoms with Gasteiger partial charge in [0.15, 0.2) is 11.6 Å². The molecule has 0 bridgehead atoms. The molecule has 0 spiro atoms. The summed E-state index contributed by atoms with van der Waals surface area (Å²) in [6.07, 6.45) is 1.44. The van der Waals surface area contributed by atoms with Gasteiger partial charge in [-0.15, -0.1) is 0 Å². The third kappa shape index (κ3) is 4.22. The smallest absolute Gasteiger partial charge is 0.243 e. The Hall–Kier alpha value is -1.05. The van der Waals surface area contributed by atoms with Crippen molar-refractivity contribution in [2.45, 2.75) is 31.2 Å². The number of halogens is 2. The molecule has 0 aliphatic rings. The third-order valence-electron chi connectivity index (χ3n) is 2.55. The van der Waals surface area contributed by atoms with Crippen molar-refractivity contribution in [3.05, 3.63) is 29.3 Å². The summed E-state index contributed by atoms with van der Waals surface area (Å²) >= 11 is 0.